The van der Waals surface area contributed by atoms with Crippen molar-refractivity contribution in [3.05, 3.63) is 79.9 Å². The Balaban J connectivity index is 1.40. The Bertz CT molecular complexity index is 1550. The smallest absolute Gasteiger partial charge is 0.253 e. The molecule has 0 radical (unpaired) electrons. The lowest BCUT2D eigenvalue weighted by molar-refractivity contribution is 0.192. The van der Waals surface area contributed by atoms with Gasteiger partial charge >= 0.3 is 0 Å². The third kappa shape index (κ3) is 5.08. The van der Waals surface area contributed by atoms with E-state index in [1.807, 2.05) is 23.7 Å². The second kappa shape index (κ2) is 10.7. The number of nitrogens with zero attached hydrogens (tertiary/aromatic N) is 6. The summed E-state index contributed by atoms with van der Waals surface area (Å²) in [6, 6.07) is 12.3. The molecule has 204 valence electrons. The van der Waals surface area contributed by atoms with Crippen molar-refractivity contribution in [3.8, 4) is 0 Å². The zero-order valence-electron chi connectivity index (χ0n) is 23.0. The number of fused-ring (bicyclic) bond motifs is 1. The fourth-order valence-electron chi connectivity index (χ4n) is 6.52. The number of halogens is 1. The van der Waals surface area contributed by atoms with E-state index in [4.69, 9.17) is 11.6 Å². The fraction of sp³-hybridized carbons (Fsp3) is 0.467. The van der Waals surface area contributed by atoms with Crippen LogP contribution in [0, 0.1) is 20.8 Å². The van der Waals surface area contributed by atoms with Gasteiger partial charge in [0.2, 0.25) is 0 Å². The third-order valence-corrected chi connectivity index (χ3v) is 8.73. The Hall–Kier alpha value is -3.23. The number of rotatable bonds is 5. The molecule has 2 aromatic heterocycles. The second-order valence-electron chi connectivity index (χ2n) is 11.2. The molecule has 2 aromatic carbocycles. The molecule has 2 aliphatic rings. The van der Waals surface area contributed by atoms with E-state index in [1.165, 1.54) is 36.1 Å². The highest BCUT2D eigenvalue weighted by atomic mass is 35.5. The van der Waals surface area contributed by atoms with Crippen LogP contribution in [0.2, 0.25) is 5.02 Å². The summed E-state index contributed by atoms with van der Waals surface area (Å²) in [5.74, 6) is 0.767. The van der Waals surface area contributed by atoms with Gasteiger partial charge in [-0.2, -0.15) is 0 Å². The highest BCUT2D eigenvalue weighted by Gasteiger charge is 2.34. The van der Waals surface area contributed by atoms with E-state index in [0.717, 1.165) is 66.3 Å². The molecule has 4 aromatic rings. The van der Waals surface area contributed by atoms with Crippen molar-refractivity contribution in [1.82, 2.24) is 30.1 Å². The van der Waals surface area contributed by atoms with Gasteiger partial charge in [-0.1, -0.05) is 48.6 Å². The lowest BCUT2D eigenvalue weighted by Gasteiger charge is -2.40. The summed E-state index contributed by atoms with van der Waals surface area (Å²) in [6.07, 6.45) is 5.76. The van der Waals surface area contributed by atoms with Crippen molar-refractivity contribution in [1.29, 1.82) is 0 Å². The zero-order valence-corrected chi connectivity index (χ0v) is 23.7. The molecule has 1 aliphatic heterocycles. The number of pyridine rings is 1. The topological polar surface area (TPSA) is 82.9 Å². The van der Waals surface area contributed by atoms with Gasteiger partial charge in [-0.05, 0) is 84.8 Å². The molecular weight excluding hydrogens is 510 g/mol. The van der Waals surface area contributed by atoms with E-state index in [-0.39, 0.29) is 17.6 Å². The standard InChI is InChI=1S/C30H36ClN7O/c1-19-15-21(3)27-22(16-19)17-25(30(39)32-27)28(29-33-34-35-38(29)24-7-5-4-6-8-24)37-13-11-36(12-14-37)26-18-23(31)10-9-20(26)2/h9-10,15-18,24,28H,4-8,11-14H2,1-3H3,(H,32,39)/t28-/m1/s1. The predicted octanol–water partition coefficient (Wildman–Crippen LogP) is 5.51. The lowest BCUT2D eigenvalue weighted by atomic mass is 9.95. The Morgan fingerprint density at radius 2 is 1.72 bits per heavy atom. The monoisotopic (exact) mass is 545 g/mol. The van der Waals surface area contributed by atoms with Crippen LogP contribution in [0.15, 0.2) is 41.2 Å². The van der Waals surface area contributed by atoms with Crippen molar-refractivity contribution in [3.63, 3.8) is 0 Å². The highest BCUT2D eigenvalue weighted by Crippen LogP contribution is 2.34. The number of benzene rings is 2. The van der Waals surface area contributed by atoms with Gasteiger partial charge in [-0.3, -0.25) is 9.69 Å². The average molecular weight is 546 g/mol. The zero-order chi connectivity index (χ0) is 27.1. The third-order valence-electron chi connectivity index (χ3n) is 8.49. The molecule has 1 saturated carbocycles. The number of hydrogen-bond donors (Lipinski definition) is 1. The van der Waals surface area contributed by atoms with Gasteiger partial charge in [0.25, 0.3) is 5.56 Å². The highest BCUT2D eigenvalue weighted by molar-refractivity contribution is 6.30. The lowest BCUT2D eigenvalue weighted by Crippen LogP contribution is -2.49. The average Bonchev–Trinajstić information content (AvgIpc) is 3.41. The van der Waals surface area contributed by atoms with Gasteiger partial charge in [0, 0.05) is 42.5 Å². The van der Waals surface area contributed by atoms with Crippen molar-refractivity contribution < 1.29 is 0 Å². The maximum absolute atomic E-state index is 13.7. The van der Waals surface area contributed by atoms with Crippen LogP contribution >= 0.6 is 11.6 Å². The van der Waals surface area contributed by atoms with E-state index in [0.29, 0.717) is 5.56 Å². The first-order chi connectivity index (χ1) is 18.9. The molecule has 0 spiro atoms. The quantitative estimate of drug-likeness (QED) is 0.356. The Morgan fingerprint density at radius 3 is 2.49 bits per heavy atom. The summed E-state index contributed by atoms with van der Waals surface area (Å²) in [4.78, 5) is 21.7. The summed E-state index contributed by atoms with van der Waals surface area (Å²) in [7, 11) is 0. The van der Waals surface area contributed by atoms with Gasteiger partial charge in [-0.15, -0.1) is 5.10 Å². The first-order valence-corrected chi connectivity index (χ1v) is 14.4. The van der Waals surface area contributed by atoms with Crippen molar-refractivity contribution in [2.24, 2.45) is 0 Å². The van der Waals surface area contributed by atoms with Crippen LogP contribution in [-0.4, -0.2) is 56.3 Å². The van der Waals surface area contributed by atoms with Crippen LogP contribution in [0.1, 0.15) is 72.3 Å². The SMILES string of the molecule is Cc1cc(C)c2[nH]c(=O)c([C@H](c3nnnn3C3CCCCC3)N3CCN(c4cc(Cl)ccc4C)CC3)cc2c1. The van der Waals surface area contributed by atoms with Crippen LogP contribution in [-0.2, 0) is 0 Å². The molecule has 1 aliphatic carbocycles. The summed E-state index contributed by atoms with van der Waals surface area (Å²) in [6.45, 7) is 9.46. The molecule has 6 rings (SSSR count). The summed E-state index contributed by atoms with van der Waals surface area (Å²) in [5, 5.41) is 15.0. The van der Waals surface area contributed by atoms with E-state index < -0.39 is 0 Å². The number of tetrazole rings is 1. The van der Waals surface area contributed by atoms with Crippen LogP contribution in [0.4, 0.5) is 5.69 Å². The molecular formula is C30H36ClN7O. The van der Waals surface area contributed by atoms with Gasteiger partial charge in [0.1, 0.15) is 6.04 Å². The minimum atomic E-state index is -0.335. The molecule has 1 N–H and O–H groups in total. The van der Waals surface area contributed by atoms with Crippen LogP contribution in [0.25, 0.3) is 10.9 Å². The number of piperazine rings is 1. The fourth-order valence-corrected chi connectivity index (χ4v) is 6.68. The predicted molar refractivity (Wildman–Crippen MR) is 156 cm³/mol. The Kier molecular flexibility index (Phi) is 7.16. The van der Waals surface area contributed by atoms with Crippen LogP contribution < -0.4 is 10.5 Å². The molecule has 3 heterocycles. The van der Waals surface area contributed by atoms with Gasteiger partial charge in [0.15, 0.2) is 5.82 Å². The molecule has 0 amide bonds. The van der Waals surface area contributed by atoms with Crippen LogP contribution in [0.3, 0.4) is 0 Å². The number of aromatic nitrogens is 5. The first-order valence-electron chi connectivity index (χ1n) is 14.1. The number of aromatic amines is 1. The second-order valence-corrected chi connectivity index (χ2v) is 11.7. The van der Waals surface area contributed by atoms with E-state index in [9.17, 15) is 4.79 Å². The minimum Gasteiger partial charge on any atom is -0.369 e. The molecule has 1 atom stereocenters. The van der Waals surface area contributed by atoms with E-state index >= 15 is 0 Å². The number of H-pyrrole nitrogens is 1. The molecule has 39 heavy (non-hydrogen) atoms. The van der Waals surface area contributed by atoms with E-state index in [1.54, 1.807) is 0 Å². The van der Waals surface area contributed by atoms with Crippen molar-refractivity contribution >= 4 is 28.2 Å². The summed E-state index contributed by atoms with van der Waals surface area (Å²) < 4.78 is 2.02. The maximum atomic E-state index is 13.7. The molecule has 2 fully saturated rings. The molecule has 9 heteroatoms. The number of nitrogens with one attached hydrogen (secondary N) is 1. The Morgan fingerprint density at radius 1 is 0.949 bits per heavy atom. The van der Waals surface area contributed by atoms with Crippen molar-refractivity contribution in [2.75, 3.05) is 31.1 Å². The Labute approximate surface area is 234 Å². The number of anilines is 1. The number of aryl methyl sites for hydroxylation is 3. The molecule has 0 bridgehead atoms. The number of hydrogen-bond acceptors (Lipinski definition) is 6. The summed E-state index contributed by atoms with van der Waals surface area (Å²) in [5.41, 5.74) is 6.14. The van der Waals surface area contributed by atoms with Crippen LogP contribution in [0.5, 0.6) is 0 Å². The largest absolute Gasteiger partial charge is 0.369 e. The molecule has 0 unspecified atom stereocenters. The van der Waals surface area contributed by atoms with Gasteiger partial charge in [0.05, 0.1) is 11.6 Å². The molecule has 1 saturated heterocycles. The maximum Gasteiger partial charge on any atom is 0.253 e. The van der Waals surface area contributed by atoms with Gasteiger partial charge < -0.3 is 9.88 Å². The normalized spacial score (nSPS) is 18.1. The molecule has 8 nitrogen and oxygen atoms in total. The summed E-state index contributed by atoms with van der Waals surface area (Å²) >= 11 is 6.34. The van der Waals surface area contributed by atoms with Gasteiger partial charge in [-0.25, -0.2) is 4.68 Å². The first kappa shape index (κ1) is 26.0. The van der Waals surface area contributed by atoms with E-state index in [2.05, 4.69) is 68.4 Å². The van der Waals surface area contributed by atoms with Crippen molar-refractivity contribution in [2.45, 2.75) is 65.0 Å². The minimum absolute atomic E-state index is 0.0780.